The van der Waals surface area contributed by atoms with Crippen molar-refractivity contribution in [1.29, 1.82) is 0 Å². The van der Waals surface area contributed by atoms with Gasteiger partial charge in [-0.2, -0.15) is 5.10 Å². The SMILES string of the molecule is COc1ccc(-c2n[nH]c3c2C(c2ccc(OCc4ccccc4)c(OC)c2)N(CC(C)C)C3=O)cc1. The number of carbonyl (C=O) groups is 1. The molecule has 0 bridgehead atoms. The normalized spacial score (nSPS) is 14.7. The number of aromatic nitrogens is 2. The van der Waals surface area contributed by atoms with Gasteiger partial charge in [-0.05, 0) is 53.4 Å². The van der Waals surface area contributed by atoms with Crippen LogP contribution in [0.1, 0.15) is 47.1 Å². The molecule has 2 heterocycles. The zero-order valence-electron chi connectivity index (χ0n) is 21.5. The summed E-state index contributed by atoms with van der Waals surface area (Å²) in [6.45, 7) is 5.27. The van der Waals surface area contributed by atoms with Crippen LogP contribution in [0.3, 0.4) is 0 Å². The number of hydrogen-bond donors (Lipinski definition) is 1. The number of benzene rings is 3. The molecule has 0 saturated carbocycles. The number of nitrogens with zero attached hydrogens (tertiary/aromatic N) is 2. The van der Waals surface area contributed by atoms with Crippen molar-refractivity contribution in [1.82, 2.24) is 15.1 Å². The summed E-state index contributed by atoms with van der Waals surface area (Å²) in [5.74, 6) is 2.28. The van der Waals surface area contributed by atoms with Crippen LogP contribution in [-0.4, -0.2) is 41.8 Å². The number of fused-ring (bicyclic) bond motifs is 1. The molecule has 0 saturated heterocycles. The first kappa shape index (κ1) is 24.4. The lowest BCUT2D eigenvalue weighted by Gasteiger charge is -2.28. The van der Waals surface area contributed by atoms with Crippen LogP contribution in [0.15, 0.2) is 72.8 Å². The molecule has 0 spiro atoms. The number of amides is 1. The number of H-pyrrole nitrogens is 1. The number of methoxy groups -OCH3 is 2. The quantitative estimate of drug-likeness (QED) is 0.313. The van der Waals surface area contributed by atoms with Crippen LogP contribution in [-0.2, 0) is 6.61 Å². The minimum Gasteiger partial charge on any atom is -0.497 e. The van der Waals surface area contributed by atoms with Gasteiger partial charge in [0.05, 0.1) is 26.0 Å². The molecule has 4 aromatic rings. The van der Waals surface area contributed by atoms with E-state index < -0.39 is 0 Å². The van der Waals surface area contributed by atoms with Gasteiger partial charge in [-0.25, -0.2) is 0 Å². The standard InChI is InChI=1S/C30H31N3O4/c1-19(2)17-33-29(22-12-15-24(25(16-22)36-4)37-18-20-8-6-5-7-9-20)26-27(31-32-28(26)30(33)34)21-10-13-23(35-3)14-11-21/h5-16,19,29H,17-18H2,1-4H3,(H,31,32). The number of ether oxygens (including phenoxy) is 3. The summed E-state index contributed by atoms with van der Waals surface area (Å²) in [6.07, 6.45) is 0. The molecule has 1 aliphatic rings. The van der Waals surface area contributed by atoms with Gasteiger partial charge in [0, 0.05) is 17.7 Å². The van der Waals surface area contributed by atoms with E-state index in [1.807, 2.05) is 77.7 Å². The first-order chi connectivity index (χ1) is 18.0. The number of carbonyl (C=O) groups excluding carboxylic acids is 1. The number of hydrogen-bond acceptors (Lipinski definition) is 5. The maximum absolute atomic E-state index is 13.5. The van der Waals surface area contributed by atoms with Crippen LogP contribution >= 0.6 is 0 Å². The Bertz CT molecular complexity index is 1380. The van der Waals surface area contributed by atoms with Crippen molar-refractivity contribution in [3.63, 3.8) is 0 Å². The highest BCUT2D eigenvalue weighted by atomic mass is 16.5. The highest BCUT2D eigenvalue weighted by molar-refractivity contribution is 6.00. The number of aromatic amines is 1. The molecule has 1 aromatic heterocycles. The van der Waals surface area contributed by atoms with Gasteiger partial charge in [-0.1, -0.05) is 50.2 Å². The summed E-state index contributed by atoms with van der Waals surface area (Å²) in [5, 5.41) is 7.57. The fourth-order valence-electron chi connectivity index (χ4n) is 4.80. The highest BCUT2D eigenvalue weighted by Gasteiger charge is 2.42. The predicted molar refractivity (Wildman–Crippen MR) is 142 cm³/mol. The van der Waals surface area contributed by atoms with Crippen molar-refractivity contribution in [3.05, 3.63) is 95.2 Å². The molecule has 37 heavy (non-hydrogen) atoms. The fourth-order valence-corrected chi connectivity index (χ4v) is 4.80. The van der Waals surface area contributed by atoms with E-state index in [1.165, 1.54) is 0 Å². The highest BCUT2D eigenvalue weighted by Crippen LogP contribution is 2.45. The van der Waals surface area contributed by atoms with E-state index >= 15 is 0 Å². The average molecular weight is 498 g/mol. The minimum absolute atomic E-state index is 0.0515. The summed E-state index contributed by atoms with van der Waals surface area (Å²) in [7, 11) is 3.27. The summed E-state index contributed by atoms with van der Waals surface area (Å²) in [6, 6.07) is 23.3. The monoisotopic (exact) mass is 497 g/mol. The first-order valence-electron chi connectivity index (χ1n) is 12.4. The minimum atomic E-state index is -0.308. The summed E-state index contributed by atoms with van der Waals surface area (Å²) < 4.78 is 17.1. The average Bonchev–Trinajstić information content (AvgIpc) is 3.46. The second-order valence-corrected chi connectivity index (χ2v) is 9.53. The van der Waals surface area contributed by atoms with Crippen molar-refractivity contribution in [2.24, 2.45) is 5.92 Å². The lowest BCUT2D eigenvalue weighted by atomic mass is 9.95. The maximum atomic E-state index is 13.5. The Kier molecular flexibility index (Phi) is 6.86. The second-order valence-electron chi connectivity index (χ2n) is 9.53. The third kappa shape index (κ3) is 4.77. The van der Waals surface area contributed by atoms with E-state index in [4.69, 9.17) is 14.2 Å². The van der Waals surface area contributed by atoms with Crippen LogP contribution in [0.4, 0.5) is 0 Å². The molecular formula is C30H31N3O4. The summed E-state index contributed by atoms with van der Waals surface area (Å²) in [4.78, 5) is 15.4. The van der Waals surface area contributed by atoms with Crippen LogP contribution in [0, 0.1) is 5.92 Å². The van der Waals surface area contributed by atoms with Crippen molar-refractivity contribution in [2.75, 3.05) is 20.8 Å². The lowest BCUT2D eigenvalue weighted by molar-refractivity contribution is 0.0722. The third-order valence-electron chi connectivity index (χ3n) is 6.53. The largest absolute Gasteiger partial charge is 0.497 e. The lowest BCUT2D eigenvalue weighted by Crippen LogP contribution is -2.32. The van der Waals surface area contributed by atoms with E-state index in [9.17, 15) is 4.79 Å². The van der Waals surface area contributed by atoms with Gasteiger partial charge >= 0.3 is 0 Å². The molecule has 1 N–H and O–H groups in total. The predicted octanol–water partition coefficient (Wildman–Crippen LogP) is 5.87. The van der Waals surface area contributed by atoms with Crippen LogP contribution in [0.25, 0.3) is 11.3 Å². The van der Waals surface area contributed by atoms with Crippen LogP contribution in [0.2, 0.25) is 0 Å². The Morgan fingerprint density at radius 3 is 2.38 bits per heavy atom. The van der Waals surface area contributed by atoms with Crippen molar-refractivity contribution >= 4 is 5.91 Å². The number of rotatable bonds is 9. The Hall–Kier alpha value is -4.26. The fraction of sp³-hybridized carbons (Fsp3) is 0.267. The van der Waals surface area contributed by atoms with Gasteiger partial charge < -0.3 is 19.1 Å². The van der Waals surface area contributed by atoms with E-state index in [-0.39, 0.29) is 11.9 Å². The molecule has 0 radical (unpaired) electrons. The Balaban J connectivity index is 1.54. The van der Waals surface area contributed by atoms with E-state index in [1.54, 1.807) is 14.2 Å². The Morgan fingerprint density at radius 2 is 1.70 bits per heavy atom. The molecule has 1 unspecified atom stereocenters. The van der Waals surface area contributed by atoms with Gasteiger partial charge in [0.25, 0.3) is 5.91 Å². The van der Waals surface area contributed by atoms with E-state index in [0.717, 1.165) is 33.7 Å². The molecule has 1 atom stereocenters. The first-order valence-corrected chi connectivity index (χ1v) is 12.4. The smallest absolute Gasteiger partial charge is 0.273 e. The molecule has 0 fully saturated rings. The second kappa shape index (κ2) is 10.4. The topological polar surface area (TPSA) is 76.7 Å². The van der Waals surface area contributed by atoms with Gasteiger partial charge in [0.1, 0.15) is 18.1 Å². The van der Waals surface area contributed by atoms with Gasteiger partial charge in [-0.3, -0.25) is 9.89 Å². The molecule has 7 heteroatoms. The van der Waals surface area contributed by atoms with Crippen LogP contribution < -0.4 is 14.2 Å². The summed E-state index contributed by atoms with van der Waals surface area (Å²) >= 11 is 0. The molecule has 0 aliphatic carbocycles. The molecule has 3 aromatic carbocycles. The maximum Gasteiger partial charge on any atom is 0.273 e. The van der Waals surface area contributed by atoms with Gasteiger partial charge in [0.2, 0.25) is 0 Å². The third-order valence-corrected chi connectivity index (χ3v) is 6.53. The molecular weight excluding hydrogens is 466 g/mol. The van der Waals surface area contributed by atoms with Gasteiger partial charge in [-0.15, -0.1) is 0 Å². The van der Waals surface area contributed by atoms with E-state index in [0.29, 0.717) is 36.3 Å². The van der Waals surface area contributed by atoms with E-state index in [2.05, 4.69) is 24.0 Å². The Labute approximate surface area is 217 Å². The molecule has 5 rings (SSSR count). The number of nitrogens with one attached hydrogen (secondary N) is 1. The van der Waals surface area contributed by atoms with Crippen molar-refractivity contribution < 1.29 is 19.0 Å². The van der Waals surface area contributed by atoms with Crippen molar-refractivity contribution in [2.45, 2.75) is 26.5 Å². The molecule has 190 valence electrons. The molecule has 1 aliphatic heterocycles. The molecule has 7 nitrogen and oxygen atoms in total. The summed E-state index contributed by atoms with van der Waals surface area (Å²) in [5.41, 5.74) is 5.08. The van der Waals surface area contributed by atoms with Crippen LogP contribution in [0.5, 0.6) is 17.2 Å². The zero-order chi connectivity index (χ0) is 25.9. The zero-order valence-corrected chi connectivity index (χ0v) is 21.5. The van der Waals surface area contributed by atoms with Crippen molar-refractivity contribution in [3.8, 4) is 28.5 Å². The molecule has 1 amide bonds. The Morgan fingerprint density at radius 1 is 0.946 bits per heavy atom. The van der Waals surface area contributed by atoms with Gasteiger partial charge in [0.15, 0.2) is 11.5 Å².